The maximum atomic E-state index is 13.3. The number of carbonyl (C=O) groups is 2. The molecule has 180 valence electrons. The largest absolute Gasteiger partial charge is 0.505 e. The zero-order valence-electron chi connectivity index (χ0n) is 18.7. The van der Waals surface area contributed by atoms with E-state index in [4.69, 9.17) is 10.1 Å². The number of halogens is 1. The number of nitrogens with one attached hydrogen (secondary N) is 3. The summed E-state index contributed by atoms with van der Waals surface area (Å²) < 4.78 is 20.3. The number of aromatic hydroxyl groups is 1. The summed E-state index contributed by atoms with van der Waals surface area (Å²) in [5.74, 6) is -2.50. The van der Waals surface area contributed by atoms with Crippen molar-refractivity contribution in [1.82, 2.24) is 20.2 Å². The predicted octanol–water partition coefficient (Wildman–Crippen LogP) is 1.93. The van der Waals surface area contributed by atoms with Crippen LogP contribution in [0.15, 0.2) is 41.0 Å². The molecule has 2 amide bonds. The number of ether oxygens (including phenoxy) is 1. The maximum absolute atomic E-state index is 13.3. The summed E-state index contributed by atoms with van der Waals surface area (Å²) in [6, 6.07) is 5.78. The molecule has 11 heteroatoms. The highest BCUT2D eigenvalue weighted by Gasteiger charge is 2.30. The van der Waals surface area contributed by atoms with Gasteiger partial charge in [-0.25, -0.2) is 4.39 Å². The van der Waals surface area contributed by atoms with Gasteiger partial charge in [-0.2, -0.15) is 0 Å². The number of pyridine rings is 2. The van der Waals surface area contributed by atoms with E-state index >= 15 is 0 Å². The van der Waals surface area contributed by atoms with Gasteiger partial charge in [0.2, 0.25) is 5.76 Å². The van der Waals surface area contributed by atoms with E-state index in [9.17, 15) is 23.9 Å². The summed E-state index contributed by atoms with van der Waals surface area (Å²) in [4.78, 5) is 42.9. The van der Waals surface area contributed by atoms with Crippen LogP contribution in [0.3, 0.4) is 0 Å². The SMILES string of the molecule is CCNC(=O)C1=Cn2c(=O)c(C(=O)NCCC=N)c(O)c3ncc(Cc4ccc(F)cc4)c(c32)O1. The summed E-state index contributed by atoms with van der Waals surface area (Å²) in [7, 11) is 0. The van der Waals surface area contributed by atoms with E-state index < -0.39 is 34.5 Å². The molecule has 0 spiro atoms. The van der Waals surface area contributed by atoms with E-state index in [2.05, 4.69) is 15.6 Å². The predicted molar refractivity (Wildman–Crippen MR) is 126 cm³/mol. The summed E-state index contributed by atoms with van der Waals surface area (Å²) in [6.45, 7) is 2.13. The topological polar surface area (TPSA) is 146 Å². The molecule has 1 aliphatic heterocycles. The quantitative estimate of drug-likeness (QED) is 0.287. The molecule has 3 heterocycles. The minimum atomic E-state index is -0.866. The van der Waals surface area contributed by atoms with Gasteiger partial charge >= 0.3 is 0 Å². The summed E-state index contributed by atoms with van der Waals surface area (Å²) in [5, 5.41) is 23.0. The average Bonchev–Trinajstić information content (AvgIpc) is 2.84. The zero-order chi connectivity index (χ0) is 25.1. The van der Waals surface area contributed by atoms with Gasteiger partial charge < -0.3 is 25.9 Å². The lowest BCUT2D eigenvalue weighted by atomic mass is 10.0. The van der Waals surface area contributed by atoms with Crippen molar-refractivity contribution in [2.75, 3.05) is 13.1 Å². The molecule has 0 unspecified atom stereocenters. The maximum Gasteiger partial charge on any atom is 0.288 e. The highest BCUT2D eigenvalue weighted by atomic mass is 19.1. The Morgan fingerprint density at radius 2 is 1.97 bits per heavy atom. The first-order chi connectivity index (χ1) is 16.8. The Labute approximate surface area is 198 Å². The van der Waals surface area contributed by atoms with Crippen molar-refractivity contribution in [2.45, 2.75) is 19.8 Å². The second kappa shape index (κ2) is 9.75. The molecular formula is C24H22FN5O5. The Morgan fingerprint density at radius 3 is 2.66 bits per heavy atom. The van der Waals surface area contributed by atoms with Gasteiger partial charge in [-0.3, -0.25) is 23.9 Å². The van der Waals surface area contributed by atoms with Crippen LogP contribution in [-0.4, -0.2) is 45.8 Å². The average molecular weight is 479 g/mol. The van der Waals surface area contributed by atoms with Crippen molar-refractivity contribution in [3.8, 4) is 11.5 Å². The zero-order valence-corrected chi connectivity index (χ0v) is 18.7. The summed E-state index contributed by atoms with van der Waals surface area (Å²) >= 11 is 0. The Hall–Kier alpha value is -4.54. The summed E-state index contributed by atoms with van der Waals surface area (Å²) in [5.41, 5.74) is -0.173. The molecule has 4 rings (SSSR count). The third-order valence-corrected chi connectivity index (χ3v) is 5.34. The van der Waals surface area contributed by atoms with Crippen LogP contribution in [0.4, 0.5) is 4.39 Å². The van der Waals surface area contributed by atoms with E-state index in [-0.39, 0.29) is 41.9 Å². The first-order valence-corrected chi connectivity index (χ1v) is 10.8. The Kier molecular flexibility index (Phi) is 6.58. The van der Waals surface area contributed by atoms with Gasteiger partial charge in [0.05, 0.1) is 6.20 Å². The third-order valence-electron chi connectivity index (χ3n) is 5.34. The van der Waals surface area contributed by atoms with Crippen LogP contribution < -0.4 is 20.9 Å². The van der Waals surface area contributed by atoms with Gasteiger partial charge in [0, 0.05) is 31.3 Å². The van der Waals surface area contributed by atoms with Gasteiger partial charge in [0.15, 0.2) is 11.5 Å². The smallest absolute Gasteiger partial charge is 0.288 e. The number of amides is 2. The Balaban J connectivity index is 1.91. The van der Waals surface area contributed by atoms with E-state index in [0.29, 0.717) is 12.1 Å². The fourth-order valence-corrected chi connectivity index (χ4v) is 3.70. The number of hydrogen-bond donors (Lipinski definition) is 4. The van der Waals surface area contributed by atoms with Crippen LogP contribution in [0.5, 0.6) is 11.5 Å². The minimum absolute atomic E-state index is 0.0640. The molecule has 0 radical (unpaired) electrons. The molecule has 10 nitrogen and oxygen atoms in total. The molecule has 0 saturated carbocycles. The monoisotopic (exact) mass is 479 g/mol. The number of benzene rings is 1. The standard InChI is InChI=1S/C24H22FN5O5/c1-2-27-22(32)16-12-30-19-18(20(31)17(24(30)34)23(33)28-9-3-8-26)29-11-14(21(19)35-16)10-13-4-6-15(25)7-5-13/h4-8,11-12,26,31H,2-3,9-10H2,1H3,(H,27,32)(H,28,33). The molecule has 0 saturated heterocycles. The summed E-state index contributed by atoms with van der Waals surface area (Å²) in [6.07, 6.45) is 4.15. The fraction of sp³-hybridized carbons (Fsp3) is 0.208. The number of nitrogens with zero attached hydrogens (tertiary/aromatic N) is 2. The van der Waals surface area contributed by atoms with Crippen LogP contribution in [0.1, 0.15) is 34.8 Å². The van der Waals surface area contributed by atoms with Crippen LogP contribution in [-0.2, 0) is 11.2 Å². The van der Waals surface area contributed by atoms with Gasteiger partial charge in [0.1, 0.15) is 22.4 Å². The lowest BCUT2D eigenvalue weighted by Gasteiger charge is -2.22. The van der Waals surface area contributed by atoms with E-state index in [1.165, 1.54) is 18.3 Å². The number of likely N-dealkylation sites (N-methyl/N-ethyl adjacent to an activating group) is 1. The lowest BCUT2D eigenvalue weighted by molar-refractivity contribution is -0.119. The Morgan fingerprint density at radius 1 is 1.23 bits per heavy atom. The molecule has 0 aliphatic carbocycles. The fourth-order valence-electron chi connectivity index (χ4n) is 3.70. The van der Waals surface area contributed by atoms with Gasteiger partial charge in [-0.1, -0.05) is 12.1 Å². The molecule has 1 aliphatic rings. The second-order valence-corrected chi connectivity index (χ2v) is 7.72. The molecule has 35 heavy (non-hydrogen) atoms. The molecular weight excluding hydrogens is 457 g/mol. The Bertz CT molecular complexity index is 1430. The molecule has 2 aromatic heterocycles. The van der Waals surface area contributed by atoms with Crippen molar-refractivity contribution in [3.63, 3.8) is 0 Å². The van der Waals surface area contributed by atoms with Crippen LogP contribution in [0.2, 0.25) is 0 Å². The van der Waals surface area contributed by atoms with E-state index in [1.54, 1.807) is 19.1 Å². The van der Waals surface area contributed by atoms with Crippen molar-refractivity contribution >= 4 is 35.3 Å². The normalized spacial score (nSPS) is 12.0. The van der Waals surface area contributed by atoms with Crippen molar-refractivity contribution < 1.29 is 23.8 Å². The molecule has 0 atom stereocenters. The first-order valence-electron chi connectivity index (χ1n) is 10.8. The number of aromatic nitrogens is 2. The van der Waals surface area contributed by atoms with Crippen molar-refractivity contribution in [1.29, 1.82) is 5.41 Å². The van der Waals surface area contributed by atoms with Gasteiger partial charge in [-0.15, -0.1) is 0 Å². The molecule has 0 bridgehead atoms. The van der Waals surface area contributed by atoms with Gasteiger partial charge in [-0.05, 0) is 37.3 Å². The van der Waals surface area contributed by atoms with Crippen molar-refractivity contribution in [3.05, 3.63) is 69.1 Å². The molecule has 3 aromatic rings. The lowest BCUT2D eigenvalue weighted by Crippen LogP contribution is -2.35. The molecule has 1 aromatic carbocycles. The van der Waals surface area contributed by atoms with Crippen LogP contribution >= 0.6 is 0 Å². The third kappa shape index (κ3) is 4.47. The highest BCUT2D eigenvalue weighted by Crippen LogP contribution is 2.38. The van der Waals surface area contributed by atoms with Gasteiger partial charge in [0.25, 0.3) is 17.4 Å². The minimum Gasteiger partial charge on any atom is -0.505 e. The van der Waals surface area contributed by atoms with Crippen LogP contribution in [0.25, 0.3) is 17.2 Å². The van der Waals surface area contributed by atoms with E-state index in [0.717, 1.165) is 22.5 Å². The molecule has 0 fully saturated rings. The van der Waals surface area contributed by atoms with E-state index in [1.807, 2.05) is 0 Å². The number of carbonyl (C=O) groups excluding carboxylic acids is 2. The van der Waals surface area contributed by atoms with Crippen molar-refractivity contribution in [2.24, 2.45) is 0 Å². The van der Waals surface area contributed by atoms with Crippen LogP contribution in [0, 0.1) is 11.2 Å². The highest BCUT2D eigenvalue weighted by molar-refractivity contribution is 6.04. The second-order valence-electron chi connectivity index (χ2n) is 7.72. The first kappa shape index (κ1) is 23.6. The number of rotatable bonds is 8. The molecule has 4 N–H and O–H groups in total. The number of hydrogen-bond acceptors (Lipinski definition) is 7.